The third kappa shape index (κ3) is 4.68. The average Bonchev–Trinajstić information content (AvgIpc) is 2.78. The molecular formula is C27H32ClNO2. The van der Waals surface area contributed by atoms with Gasteiger partial charge in [-0.1, -0.05) is 47.5 Å². The summed E-state index contributed by atoms with van der Waals surface area (Å²) in [7, 11) is 3.39. The normalized spacial score (nSPS) is 21.2. The Morgan fingerprint density at radius 2 is 1.90 bits per heavy atom. The van der Waals surface area contributed by atoms with Gasteiger partial charge in [0.2, 0.25) is 0 Å². The zero-order chi connectivity index (χ0) is 22.0. The van der Waals surface area contributed by atoms with Gasteiger partial charge in [0.15, 0.2) is 11.5 Å². The van der Waals surface area contributed by atoms with Crippen molar-refractivity contribution in [1.29, 1.82) is 0 Å². The maximum absolute atomic E-state index is 6.40. The fourth-order valence-corrected chi connectivity index (χ4v) is 5.17. The highest BCUT2D eigenvalue weighted by Crippen LogP contribution is 2.42. The summed E-state index contributed by atoms with van der Waals surface area (Å²) in [6.07, 6.45) is 6.91. The van der Waals surface area contributed by atoms with E-state index in [9.17, 15) is 0 Å². The molecule has 1 aliphatic heterocycles. The molecule has 0 radical (unpaired) electrons. The van der Waals surface area contributed by atoms with Crippen molar-refractivity contribution in [2.24, 2.45) is 5.92 Å². The van der Waals surface area contributed by atoms with Crippen LogP contribution in [0.1, 0.15) is 48.9 Å². The van der Waals surface area contributed by atoms with Gasteiger partial charge in [-0.15, -0.1) is 0 Å². The molecule has 2 aromatic rings. The average molecular weight is 438 g/mol. The van der Waals surface area contributed by atoms with Crippen LogP contribution in [0.25, 0.3) is 0 Å². The predicted octanol–water partition coefficient (Wildman–Crippen LogP) is 6.61. The van der Waals surface area contributed by atoms with E-state index in [1.54, 1.807) is 14.2 Å². The molecule has 1 aliphatic carbocycles. The second-order valence-electron chi connectivity index (χ2n) is 8.76. The van der Waals surface area contributed by atoms with Gasteiger partial charge in [-0.25, -0.2) is 0 Å². The smallest absolute Gasteiger partial charge is 0.161 e. The summed E-state index contributed by atoms with van der Waals surface area (Å²) in [5.74, 6) is 2.20. The van der Waals surface area contributed by atoms with Gasteiger partial charge in [0, 0.05) is 18.1 Å². The quantitative estimate of drug-likeness (QED) is 0.474. The van der Waals surface area contributed by atoms with Crippen molar-refractivity contribution in [3.63, 3.8) is 0 Å². The van der Waals surface area contributed by atoms with E-state index in [2.05, 4.69) is 48.7 Å². The SMILES string of the molecule is C=C(C)[C@@H]1CC=C(CN2CCc3cc(OC)c(OC)cc3[C@H]2c2cccc(Cl)c2)CC1. The number of ether oxygens (including phenoxy) is 2. The molecule has 0 fully saturated rings. The molecule has 164 valence electrons. The Morgan fingerprint density at radius 1 is 1.13 bits per heavy atom. The number of rotatable bonds is 6. The van der Waals surface area contributed by atoms with Crippen LogP contribution < -0.4 is 9.47 Å². The molecule has 0 spiro atoms. The van der Waals surface area contributed by atoms with Crippen molar-refractivity contribution in [2.75, 3.05) is 27.3 Å². The first-order chi connectivity index (χ1) is 15.0. The molecule has 0 amide bonds. The highest BCUT2D eigenvalue weighted by Gasteiger charge is 2.31. The first kappa shape index (κ1) is 22.0. The van der Waals surface area contributed by atoms with Crippen LogP contribution in [0.5, 0.6) is 11.5 Å². The van der Waals surface area contributed by atoms with Crippen LogP contribution in [0.3, 0.4) is 0 Å². The van der Waals surface area contributed by atoms with E-state index in [-0.39, 0.29) is 6.04 Å². The van der Waals surface area contributed by atoms with E-state index >= 15 is 0 Å². The highest BCUT2D eigenvalue weighted by atomic mass is 35.5. The zero-order valence-electron chi connectivity index (χ0n) is 18.8. The van der Waals surface area contributed by atoms with Crippen LogP contribution in [0, 0.1) is 5.92 Å². The molecular weight excluding hydrogens is 406 g/mol. The van der Waals surface area contributed by atoms with Gasteiger partial charge < -0.3 is 9.47 Å². The fraction of sp³-hybridized carbons (Fsp3) is 0.407. The third-order valence-corrected chi connectivity index (χ3v) is 6.98. The number of benzene rings is 2. The summed E-state index contributed by atoms with van der Waals surface area (Å²) in [6, 6.07) is 12.7. The number of allylic oxidation sites excluding steroid dienone is 2. The molecule has 0 aromatic heterocycles. The van der Waals surface area contributed by atoms with Crippen LogP contribution in [-0.2, 0) is 6.42 Å². The van der Waals surface area contributed by atoms with E-state index in [4.69, 9.17) is 21.1 Å². The highest BCUT2D eigenvalue weighted by molar-refractivity contribution is 6.30. The Hall–Kier alpha value is -2.23. The molecule has 2 aliphatic rings. The lowest BCUT2D eigenvalue weighted by Gasteiger charge is -2.39. The molecule has 31 heavy (non-hydrogen) atoms. The maximum atomic E-state index is 6.40. The minimum Gasteiger partial charge on any atom is -0.493 e. The molecule has 0 unspecified atom stereocenters. The van der Waals surface area contributed by atoms with E-state index < -0.39 is 0 Å². The number of fused-ring (bicyclic) bond motifs is 1. The van der Waals surface area contributed by atoms with Gasteiger partial charge in [-0.2, -0.15) is 0 Å². The third-order valence-electron chi connectivity index (χ3n) is 6.75. The van der Waals surface area contributed by atoms with Crippen LogP contribution in [-0.4, -0.2) is 32.2 Å². The van der Waals surface area contributed by atoms with E-state index in [1.807, 2.05) is 12.1 Å². The van der Waals surface area contributed by atoms with E-state index in [0.717, 1.165) is 48.9 Å². The molecule has 0 N–H and O–H groups in total. The van der Waals surface area contributed by atoms with Crippen LogP contribution in [0.4, 0.5) is 0 Å². The Balaban J connectivity index is 1.70. The summed E-state index contributed by atoms with van der Waals surface area (Å²) < 4.78 is 11.2. The lowest BCUT2D eigenvalue weighted by molar-refractivity contribution is 0.226. The Morgan fingerprint density at radius 3 is 2.55 bits per heavy atom. The molecule has 2 aromatic carbocycles. The standard InChI is InChI=1S/C27H32ClNO2/c1-18(2)20-10-8-19(9-11-20)17-29-13-12-21-15-25(30-3)26(31-4)16-24(21)27(29)22-6-5-7-23(28)14-22/h5-8,14-16,20,27H,1,9-13,17H2,2-4H3/t20-,27-/m1/s1. The second-order valence-corrected chi connectivity index (χ2v) is 9.20. The van der Waals surface area contributed by atoms with Gasteiger partial charge in [-0.05, 0) is 79.5 Å². The summed E-state index contributed by atoms with van der Waals surface area (Å²) in [5, 5.41) is 0.770. The molecule has 0 saturated carbocycles. The van der Waals surface area contributed by atoms with Gasteiger partial charge in [0.25, 0.3) is 0 Å². The van der Waals surface area contributed by atoms with Crippen molar-refractivity contribution in [3.05, 3.63) is 81.9 Å². The molecule has 0 saturated heterocycles. The first-order valence-electron chi connectivity index (χ1n) is 11.1. The molecule has 1 heterocycles. The van der Waals surface area contributed by atoms with Gasteiger partial charge in [-0.3, -0.25) is 4.90 Å². The fourth-order valence-electron chi connectivity index (χ4n) is 4.98. The molecule has 0 bridgehead atoms. The minimum atomic E-state index is 0.141. The summed E-state index contributed by atoms with van der Waals surface area (Å²) in [5.41, 5.74) is 6.66. The number of hydrogen-bond donors (Lipinski definition) is 0. The number of nitrogens with zero attached hydrogens (tertiary/aromatic N) is 1. The first-order valence-corrected chi connectivity index (χ1v) is 11.5. The topological polar surface area (TPSA) is 21.7 Å². The Kier molecular flexibility index (Phi) is 6.74. The summed E-state index contributed by atoms with van der Waals surface area (Å²) >= 11 is 6.40. The maximum Gasteiger partial charge on any atom is 0.161 e. The monoisotopic (exact) mass is 437 g/mol. The van der Waals surface area contributed by atoms with Crippen LogP contribution >= 0.6 is 11.6 Å². The van der Waals surface area contributed by atoms with Crippen molar-refractivity contribution >= 4 is 11.6 Å². The zero-order valence-corrected chi connectivity index (χ0v) is 19.5. The Bertz CT molecular complexity index is 997. The lowest BCUT2D eigenvalue weighted by atomic mass is 9.84. The van der Waals surface area contributed by atoms with Crippen molar-refractivity contribution < 1.29 is 9.47 Å². The summed E-state index contributed by atoms with van der Waals surface area (Å²) in [4.78, 5) is 2.59. The van der Waals surface area contributed by atoms with Crippen LogP contribution in [0.2, 0.25) is 5.02 Å². The van der Waals surface area contributed by atoms with Crippen LogP contribution in [0.15, 0.2) is 60.2 Å². The number of hydrogen-bond acceptors (Lipinski definition) is 3. The molecule has 4 rings (SSSR count). The summed E-state index contributed by atoms with van der Waals surface area (Å²) in [6.45, 7) is 8.30. The second kappa shape index (κ2) is 9.50. The molecule has 2 atom stereocenters. The van der Waals surface area contributed by atoms with Crippen molar-refractivity contribution in [1.82, 2.24) is 4.90 Å². The van der Waals surface area contributed by atoms with Crippen molar-refractivity contribution in [2.45, 2.75) is 38.6 Å². The molecule has 4 heteroatoms. The van der Waals surface area contributed by atoms with Gasteiger partial charge in [0.05, 0.1) is 20.3 Å². The van der Waals surface area contributed by atoms with E-state index in [1.165, 1.54) is 34.3 Å². The largest absolute Gasteiger partial charge is 0.493 e. The van der Waals surface area contributed by atoms with Gasteiger partial charge >= 0.3 is 0 Å². The van der Waals surface area contributed by atoms with E-state index in [0.29, 0.717) is 5.92 Å². The predicted molar refractivity (Wildman–Crippen MR) is 128 cm³/mol. The minimum absolute atomic E-state index is 0.141. The number of methoxy groups -OCH3 is 2. The number of halogens is 1. The van der Waals surface area contributed by atoms with Crippen molar-refractivity contribution in [3.8, 4) is 11.5 Å². The Labute approximate surface area is 191 Å². The molecule has 3 nitrogen and oxygen atoms in total. The van der Waals surface area contributed by atoms with Gasteiger partial charge in [0.1, 0.15) is 0 Å². The lowest BCUT2D eigenvalue weighted by Crippen LogP contribution is -2.37.